The Morgan fingerprint density at radius 1 is 1.60 bits per heavy atom. The molecule has 0 aliphatic heterocycles. The largest absolute Gasteiger partial charge is 1.00 e. The van der Waals surface area contributed by atoms with Gasteiger partial charge >= 0.3 is 29.6 Å². The normalized spacial score (nSPS) is 10.6. The predicted octanol–water partition coefficient (Wildman–Crippen LogP) is -2.14. The Morgan fingerprint density at radius 3 is 2.40 bits per heavy atom. The van der Waals surface area contributed by atoms with Crippen LogP contribution in [0.3, 0.4) is 0 Å². The number of rotatable bonds is 4. The SMILES string of the molecule is CCS(=O)(=O)OCCBr.[H-].[Na+]. The fourth-order valence-electron chi connectivity index (χ4n) is 0.242. The van der Waals surface area contributed by atoms with Crippen LogP contribution in [-0.4, -0.2) is 26.1 Å². The van der Waals surface area contributed by atoms with Gasteiger partial charge in [0.2, 0.25) is 0 Å². The van der Waals surface area contributed by atoms with E-state index in [9.17, 15) is 8.42 Å². The van der Waals surface area contributed by atoms with Crippen molar-refractivity contribution in [2.45, 2.75) is 6.92 Å². The minimum absolute atomic E-state index is 0. The van der Waals surface area contributed by atoms with Crippen LogP contribution in [0.5, 0.6) is 0 Å². The second-order valence-electron chi connectivity index (χ2n) is 1.36. The van der Waals surface area contributed by atoms with Gasteiger partial charge in [0, 0.05) is 5.33 Å². The van der Waals surface area contributed by atoms with Crippen LogP contribution in [0.25, 0.3) is 0 Å². The second-order valence-corrected chi connectivity index (χ2v) is 4.08. The van der Waals surface area contributed by atoms with Crippen LogP contribution in [-0.2, 0) is 14.3 Å². The van der Waals surface area contributed by atoms with Crippen molar-refractivity contribution in [3.05, 3.63) is 0 Å². The summed E-state index contributed by atoms with van der Waals surface area (Å²) in [5.74, 6) is 0.0417. The molecule has 0 aromatic carbocycles. The van der Waals surface area contributed by atoms with Gasteiger partial charge in [0.05, 0.1) is 12.4 Å². The molecule has 0 heterocycles. The first-order valence-electron chi connectivity index (χ1n) is 2.55. The Morgan fingerprint density at radius 2 is 2.10 bits per heavy atom. The predicted molar refractivity (Wildman–Crippen MR) is 40.3 cm³/mol. The van der Waals surface area contributed by atoms with E-state index in [1.54, 1.807) is 6.92 Å². The number of hydrogen-bond donors (Lipinski definition) is 0. The molecule has 0 bridgehead atoms. The van der Waals surface area contributed by atoms with Crippen molar-refractivity contribution >= 4 is 26.0 Å². The average molecular weight is 241 g/mol. The van der Waals surface area contributed by atoms with Gasteiger partial charge in [0.1, 0.15) is 0 Å². The molecule has 0 fully saturated rings. The maximum atomic E-state index is 10.5. The third-order valence-electron chi connectivity index (χ3n) is 0.694. The van der Waals surface area contributed by atoms with Crippen LogP contribution in [0.15, 0.2) is 0 Å². The Labute approximate surface area is 93.5 Å². The molecule has 0 N–H and O–H groups in total. The van der Waals surface area contributed by atoms with Gasteiger partial charge < -0.3 is 1.43 Å². The quantitative estimate of drug-likeness (QED) is 0.320. The van der Waals surface area contributed by atoms with Gasteiger partial charge in [-0.2, -0.15) is 8.42 Å². The monoisotopic (exact) mass is 240 g/mol. The van der Waals surface area contributed by atoms with E-state index in [2.05, 4.69) is 20.1 Å². The molecule has 0 atom stereocenters. The molecule has 10 heavy (non-hydrogen) atoms. The summed E-state index contributed by atoms with van der Waals surface area (Å²) in [7, 11) is -3.21. The Balaban J connectivity index is -0.000000320. The van der Waals surface area contributed by atoms with Crippen molar-refractivity contribution in [3.63, 3.8) is 0 Å². The van der Waals surface area contributed by atoms with Gasteiger partial charge in [-0.3, -0.25) is 4.18 Å². The number of halogens is 1. The molecule has 0 unspecified atom stereocenters. The minimum Gasteiger partial charge on any atom is -1.00 e. The molecule has 0 aliphatic rings. The van der Waals surface area contributed by atoms with E-state index in [1.165, 1.54) is 0 Å². The van der Waals surface area contributed by atoms with Crippen LogP contribution in [0.1, 0.15) is 8.35 Å². The standard InChI is InChI=1S/C4H9BrO3S.Na.H/c1-2-9(6,7)8-4-3-5;;/h2-4H2,1H3;;/q;+1;-1. The van der Waals surface area contributed by atoms with E-state index in [0.29, 0.717) is 5.33 Å². The summed E-state index contributed by atoms with van der Waals surface area (Å²) in [4.78, 5) is 0. The molecule has 6 heteroatoms. The average Bonchev–Trinajstić information content (AvgIpc) is 1.84. The van der Waals surface area contributed by atoms with Gasteiger partial charge in [0.25, 0.3) is 10.1 Å². The maximum Gasteiger partial charge on any atom is 1.00 e. The molecule has 3 nitrogen and oxygen atoms in total. The van der Waals surface area contributed by atoms with Gasteiger partial charge in [-0.05, 0) is 6.92 Å². The molecule has 58 valence electrons. The van der Waals surface area contributed by atoms with E-state index in [4.69, 9.17) is 0 Å². The smallest absolute Gasteiger partial charge is 1.00 e. The van der Waals surface area contributed by atoms with E-state index >= 15 is 0 Å². The Bertz CT molecular complexity index is 161. The van der Waals surface area contributed by atoms with E-state index < -0.39 is 10.1 Å². The number of alkyl halides is 1. The van der Waals surface area contributed by atoms with Crippen molar-refractivity contribution in [2.75, 3.05) is 17.7 Å². The Hall–Kier alpha value is 1.39. The van der Waals surface area contributed by atoms with E-state index in [-0.39, 0.29) is 43.3 Å². The molecular weight excluding hydrogens is 231 g/mol. The molecule has 0 aromatic rings. The van der Waals surface area contributed by atoms with Crippen molar-refractivity contribution in [1.82, 2.24) is 0 Å². The topological polar surface area (TPSA) is 43.4 Å². The fourth-order valence-corrected chi connectivity index (χ4v) is 1.12. The minimum atomic E-state index is -3.21. The maximum absolute atomic E-state index is 10.5. The third kappa shape index (κ3) is 7.50. The first-order chi connectivity index (χ1) is 4.12. The zero-order valence-corrected chi connectivity index (χ0v) is 10.5. The first kappa shape index (κ1) is 13.9. The third-order valence-corrected chi connectivity index (χ3v) is 2.25. The van der Waals surface area contributed by atoms with Crippen LogP contribution < -0.4 is 29.6 Å². The molecular formula is C4H10BrNaO3S. The summed E-state index contributed by atoms with van der Waals surface area (Å²) in [5.41, 5.74) is 0. The van der Waals surface area contributed by atoms with Gasteiger partial charge in [-0.1, -0.05) is 15.9 Å². The van der Waals surface area contributed by atoms with Crippen LogP contribution in [0.2, 0.25) is 0 Å². The summed E-state index contributed by atoms with van der Waals surface area (Å²) in [6.45, 7) is 1.76. The van der Waals surface area contributed by atoms with Gasteiger partial charge in [-0.25, -0.2) is 0 Å². The first-order valence-corrected chi connectivity index (χ1v) is 5.25. The van der Waals surface area contributed by atoms with Gasteiger partial charge in [0.15, 0.2) is 0 Å². The van der Waals surface area contributed by atoms with Crippen molar-refractivity contribution in [3.8, 4) is 0 Å². The van der Waals surface area contributed by atoms with Crippen LogP contribution in [0, 0.1) is 0 Å². The van der Waals surface area contributed by atoms with E-state index in [1.807, 2.05) is 0 Å². The number of hydrogen-bond acceptors (Lipinski definition) is 3. The molecule has 0 amide bonds. The summed E-state index contributed by atoms with van der Waals surface area (Å²) >= 11 is 3.04. The summed E-state index contributed by atoms with van der Waals surface area (Å²) < 4.78 is 25.5. The second kappa shape index (κ2) is 7.06. The van der Waals surface area contributed by atoms with Crippen molar-refractivity contribution < 1.29 is 43.6 Å². The van der Waals surface area contributed by atoms with Gasteiger partial charge in [-0.15, -0.1) is 0 Å². The van der Waals surface area contributed by atoms with Crippen molar-refractivity contribution in [2.24, 2.45) is 0 Å². The van der Waals surface area contributed by atoms with Crippen LogP contribution >= 0.6 is 15.9 Å². The van der Waals surface area contributed by atoms with Crippen molar-refractivity contribution in [1.29, 1.82) is 0 Å². The molecule has 0 rings (SSSR count). The Kier molecular flexibility index (Phi) is 9.85. The zero-order chi connectivity index (χ0) is 7.33. The summed E-state index contributed by atoms with van der Waals surface area (Å²) in [6.07, 6.45) is 0. The summed E-state index contributed by atoms with van der Waals surface area (Å²) in [5, 5.41) is 0.548. The van der Waals surface area contributed by atoms with E-state index in [0.717, 1.165) is 0 Å². The van der Waals surface area contributed by atoms with Crippen LogP contribution in [0.4, 0.5) is 0 Å². The fraction of sp³-hybridized carbons (Fsp3) is 1.00. The summed E-state index contributed by atoms with van der Waals surface area (Å²) in [6, 6.07) is 0. The molecule has 0 aliphatic carbocycles. The molecule has 0 saturated carbocycles. The zero-order valence-electron chi connectivity index (χ0n) is 7.13. The molecule has 0 aromatic heterocycles. The molecule has 0 radical (unpaired) electrons. The molecule has 0 saturated heterocycles. The molecule has 0 spiro atoms.